The Morgan fingerprint density at radius 2 is 1.59 bits per heavy atom. The van der Waals surface area contributed by atoms with Crippen LogP contribution in [0.3, 0.4) is 0 Å². The van der Waals surface area contributed by atoms with Crippen molar-refractivity contribution in [3.8, 4) is 11.5 Å². The van der Waals surface area contributed by atoms with Gasteiger partial charge in [-0.15, -0.1) is 0 Å². The highest BCUT2D eigenvalue weighted by Crippen LogP contribution is 2.33. The first-order valence-electron chi connectivity index (χ1n) is 12.0. The van der Waals surface area contributed by atoms with Gasteiger partial charge >= 0.3 is 0 Å². The Morgan fingerprint density at radius 1 is 0.912 bits per heavy atom. The summed E-state index contributed by atoms with van der Waals surface area (Å²) in [4.78, 5) is 15.2. The summed E-state index contributed by atoms with van der Waals surface area (Å²) in [6, 6.07) is 15.3. The molecular formula is C26H34N2O5S. The van der Waals surface area contributed by atoms with E-state index in [1.54, 1.807) is 12.1 Å². The number of piperidine rings is 2. The average molecular weight is 487 g/mol. The molecule has 2 saturated heterocycles. The molecule has 1 amide bonds. The van der Waals surface area contributed by atoms with Gasteiger partial charge in [0.2, 0.25) is 15.9 Å². The van der Waals surface area contributed by atoms with E-state index in [1.807, 2.05) is 11.0 Å². The van der Waals surface area contributed by atoms with Gasteiger partial charge in [-0.3, -0.25) is 4.79 Å². The monoisotopic (exact) mass is 486 g/mol. The maximum atomic E-state index is 13.3. The van der Waals surface area contributed by atoms with Crippen molar-refractivity contribution in [2.45, 2.75) is 37.0 Å². The number of carbonyl (C=O) groups is 1. The van der Waals surface area contributed by atoms with Crippen LogP contribution < -0.4 is 9.47 Å². The van der Waals surface area contributed by atoms with E-state index in [4.69, 9.17) is 9.47 Å². The van der Waals surface area contributed by atoms with Crippen LogP contribution in [0.25, 0.3) is 0 Å². The summed E-state index contributed by atoms with van der Waals surface area (Å²) in [6.45, 7) is 2.22. The predicted octanol–water partition coefficient (Wildman–Crippen LogP) is 3.59. The standard InChI is InChI=1S/C26H34N2O5S/c1-32-23-8-9-24(33-2)25(19-23)34(30,31)28-16-12-22(13-17-28)26(29)27-14-10-21(11-15-27)18-20-6-4-3-5-7-20/h3-9,19,21-22H,10-18H2,1-2H3. The molecule has 0 spiro atoms. The normalized spacial score (nSPS) is 18.6. The second-order valence-electron chi connectivity index (χ2n) is 9.15. The molecule has 0 aliphatic carbocycles. The van der Waals surface area contributed by atoms with Gasteiger partial charge in [-0.05, 0) is 55.7 Å². The van der Waals surface area contributed by atoms with E-state index in [9.17, 15) is 13.2 Å². The quantitative estimate of drug-likeness (QED) is 0.598. The van der Waals surface area contributed by atoms with Gasteiger partial charge in [-0.2, -0.15) is 4.31 Å². The summed E-state index contributed by atoms with van der Waals surface area (Å²) in [5.41, 5.74) is 1.36. The van der Waals surface area contributed by atoms with Crippen molar-refractivity contribution in [2.75, 3.05) is 40.4 Å². The van der Waals surface area contributed by atoms with Crippen LogP contribution in [0.15, 0.2) is 53.4 Å². The minimum absolute atomic E-state index is 0.0969. The highest BCUT2D eigenvalue weighted by Gasteiger charge is 2.36. The lowest BCUT2D eigenvalue weighted by molar-refractivity contribution is -0.138. The van der Waals surface area contributed by atoms with Crippen LogP contribution >= 0.6 is 0 Å². The summed E-state index contributed by atoms with van der Waals surface area (Å²) in [5, 5.41) is 0. The number of amides is 1. The number of hydrogen-bond acceptors (Lipinski definition) is 5. The van der Waals surface area contributed by atoms with Crippen molar-refractivity contribution in [3.63, 3.8) is 0 Å². The number of hydrogen-bond donors (Lipinski definition) is 0. The molecule has 8 heteroatoms. The third-order valence-corrected chi connectivity index (χ3v) is 9.01. The predicted molar refractivity (Wildman–Crippen MR) is 130 cm³/mol. The van der Waals surface area contributed by atoms with E-state index in [-0.39, 0.29) is 22.5 Å². The lowest BCUT2D eigenvalue weighted by atomic mass is 9.89. The molecular weight excluding hydrogens is 452 g/mol. The largest absolute Gasteiger partial charge is 0.497 e. The van der Waals surface area contributed by atoms with Crippen LogP contribution in [0.4, 0.5) is 0 Å². The zero-order valence-electron chi connectivity index (χ0n) is 20.0. The van der Waals surface area contributed by atoms with Crippen LogP contribution in [-0.4, -0.2) is 63.9 Å². The molecule has 4 rings (SSSR count). The van der Waals surface area contributed by atoms with Gasteiger partial charge in [0, 0.05) is 38.2 Å². The summed E-state index contributed by atoms with van der Waals surface area (Å²) in [5.74, 6) is 1.41. The SMILES string of the molecule is COc1ccc(OC)c(S(=O)(=O)N2CCC(C(=O)N3CCC(Cc4ccccc4)CC3)CC2)c1. The zero-order valence-corrected chi connectivity index (χ0v) is 20.8. The molecule has 0 N–H and O–H groups in total. The molecule has 0 unspecified atom stereocenters. The molecule has 7 nitrogen and oxygen atoms in total. The van der Waals surface area contributed by atoms with E-state index in [0.717, 1.165) is 32.4 Å². The number of benzene rings is 2. The summed E-state index contributed by atoms with van der Waals surface area (Å²) >= 11 is 0. The Hall–Kier alpha value is -2.58. The maximum absolute atomic E-state index is 13.3. The fourth-order valence-corrected chi connectivity index (χ4v) is 6.67. The van der Waals surface area contributed by atoms with Gasteiger partial charge in [0.25, 0.3) is 0 Å². The molecule has 184 valence electrons. The highest BCUT2D eigenvalue weighted by atomic mass is 32.2. The third-order valence-electron chi connectivity index (χ3n) is 7.09. The number of methoxy groups -OCH3 is 2. The summed E-state index contributed by atoms with van der Waals surface area (Å²) < 4.78 is 38.5. The first kappa shape index (κ1) is 24.5. The molecule has 0 bridgehead atoms. The Balaban J connectivity index is 1.32. The lowest BCUT2D eigenvalue weighted by Gasteiger charge is -2.37. The van der Waals surface area contributed by atoms with Gasteiger partial charge in [0.15, 0.2) is 0 Å². The Kier molecular flexibility index (Phi) is 7.78. The Bertz CT molecular complexity index is 1070. The number of carbonyl (C=O) groups excluding carboxylic acids is 1. The van der Waals surface area contributed by atoms with Crippen LogP contribution in [-0.2, 0) is 21.2 Å². The van der Waals surface area contributed by atoms with E-state index >= 15 is 0 Å². The molecule has 34 heavy (non-hydrogen) atoms. The minimum atomic E-state index is -3.74. The summed E-state index contributed by atoms with van der Waals surface area (Å²) in [7, 11) is -0.792. The van der Waals surface area contributed by atoms with Gasteiger partial charge in [0.1, 0.15) is 16.4 Å². The van der Waals surface area contributed by atoms with Crippen molar-refractivity contribution < 1.29 is 22.7 Å². The second-order valence-corrected chi connectivity index (χ2v) is 11.1. The number of likely N-dealkylation sites (tertiary alicyclic amines) is 1. The third kappa shape index (κ3) is 5.39. The Labute approximate surface area is 202 Å². The van der Waals surface area contributed by atoms with Crippen LogP contribution in [0.5, 0.6) is 11.5 Å². The molecule has 0 saturated carbocycles. The van der Waals surface area contributed by atoms with Crippen molar-refractivity contribution in [1.82, 2.24) is 9.21 Å². The van der Waals surface area contributed by atoms with Gasteiger partial charge in [0.05, 0.1) is 14.2 Å². The minimum Gasteiger partial charge on any atom is -0.497 e. The second kappa shape index (κ2) is 10.8. The first-order valence-corrected chi connectivity index (χ1v) is 13.4. The van der Waals surface area contributed by atoms with E-state index in [0.29, 0.717) is 37.6 Å². The fraction of sp³-hybridized carbons (Fsp3) is 0.500. The van der Waals surface area contributed by atoms with E-state index in [2.05, 4.69) is 24.3 Å². The lowest BCUT2D eigenvalue weighted by Crippen LogP contribution is -2.46. The molecule has 2 aromatic rings. The van der Waals surface area contributed by atoms with Crippen molar-refractivity contribution in [2.24, 2.45) is 11.8 Å². The average Bonchev–Trinajstić information content (AvgIpc) is 2.89. The molecule has 0 aromatic heterocycles. The number of rotatable bonds is 7. The van der Waals surface area contributed by atoms with Crippen molar-refractivity contribution >= 4 is 15.9 Å². The number of nitrogens with zero attached hydrogens (tertiary/aromatic N) is 2. The molecule has 2 heterocycles. The number of ether oxygens (including phenoxy) is 2. The van der Waals surface area contributed by atoms with Gasteiger partial charge in [-0.1, -0.05) is 30.3 Å². The maximum Gasteiger partial charge on any atom is 0.246 e. The van der Waals surface area contributed by atoms with Crippen molar-refractivity contribution in [3.05, 3.63) is 54.1 Å². The Morgan fingerprint density at radius 3 is 2.21 bits per heavy atom. The van der Waals surface area contributed by atoms with Gasteiger partial charge < -0.3 is 14.4 Å². The van der Waals surface area contributed by atoms with E-state index in [1.165, 1.54) is 30.2 Å². The topological polar surface area (TPSA) is 76.1 Å². The van der Waals surface area contributed by atoms with Crippen molar-refractivity contribution in [1.29, 1.82) is 0 Å². The number of sulfonamides is 1. The van der Waals surface area contributed by atoms with Gasteiger partial charge in [-0.25, -0.2) is 8.42 Å². The van der Waals surface area contributed by atoms with Crippen LogP contribution in [0.2, 0.25) is 0 Å². The molecule has 0 atom stereocenters. The van der Waals surface area contributed by atoms with Crippen LogP contribution in [0, 0.1) is 11.8 Å². The fourth-order valence-electron chi connectivity index (χ4n) is 5.03. The molecule has 2 aliphatic rings. The smallest absolute Gasteiger partial charge is 0.246 e. The van der Waals surface area contributed by atoms with Crippen LogP contribution in [0.1, 0.15) is 31.2 Å². The highest BCUT2D eigenvalue weighted by molar-refractivity contribution is 7.89. The first-order chi connectivity index (χ1) is 16.4. The molecule has 0 radical (unpaired) electrons. The molecule has 2 fully saturated rings. The zero-order chi connectivity index (χ0) is 24.1. The van der Waals surface area contributed by atoms with E-state index < -0.39 is 10.0 Å². The summed E-state index contributed by atoms with van der Waals surface area (Å²) in [6.07, 6.45) is 4.17. The molecule has 2 aliphatic heterocycles. The molecule has 2 aromatic carbocycles.